The van der Waals surface area contributed by atoms with Crippen molar-refractivity contribution in [2.75, 3.05) is 0 Å². The molecule has 0 spiro atoms. The van der Waals surface area contributed by atoms with E-state index >= 15 is 0 Å². The predicted molar refractivity (Wildman–Crippen MR) is 150 cm³/mol. The van der Waals surface area contributed by atoms with Gasteiger partial charge in [-0.15, -0.1) is 0 Å². The molecule has 1 amide bonds. The van der Waals surface area contributed by atoms with E-state index in [0.29, 0.717) is 22.5 Å². The fourth-order valence-corrected chi connectivity index (χ4v) is 6.06. The molecule has 0 bridgehead atoms. The van der Waals surface area contributed by atoms with Gasteiger partial charge >= 0.3 is 0 Å². The molecule has 2 fully saturated rings. The number of amides is 1. The molecule has 36 heavy (non-hydrogen) atoms. The second-order valence-electron chi connectivity index (χ2n) is 9.30. The van der Waals surface area contributed by atoms with Crippen molar-refractivity contribution in [3.8, 4) is 5.75 Å². The predicted octanol–water partition coefficient (Wildman–Crippen LogP) is 8.10. The van der Waals surface area contributed by atoms with E-state index in [1.54, 1.807) is 0 Å². The Morgan fingerprint density at radius 1 is 1.03 bits per heavy atom. The lowest BCUT2D eigenvalue weighted by atomic mass is 9.85. The van der Waals surface area contributed by atoms with Crippen molar-refractivity contribution in [1.82, 2.24) is 4.90 Å². The van der Waals surface area contributed by atoms with Crippen LogP contribution in [0.25, 0.3) is 6.08 Å². The molecule has 0 N–H and O–H groups in total. The van der Waals surface area contributed by atoms with Crippen molar-refractivity contribution in [2.45, 2.75) is 45.3 Å². The zero-order valence-corrected chi connectivity index (χ0v) is 21.8. The van der Waals surface area contributed by atoms with Crippen molar-refractivity contribution < 1.29 is 9.53 Å². The number of carbonyl (C=O) groups is 1. The number of aliphatic imine (C=N–C) groups is 1. The van der Waals surface area contributed by atoms with E-state index in [1.807, 2.05) is 89.8 Å². The van der Waals surface area contributed by atoms with Gasteiger partial charge in [-0.3, -0.25) is 9.69 Å². The van der Waals surface area contributed by atoms with Crippen LogP contribution in [0.2, 0.25) is 5.02 Å². The van der Waals surface area contributed by atoms with Crippen molar-refractivity contribution >= 4 is 46.2 Å². The topological polar surface area (TPSA) is 41.9 Å². The average Bonchev–Trinajstić information content (AvgIpc) is 3.18. The van der Waals surface area contributed by atoms with E-state index in [9.17, 15) is 4.79 Å². The fraction of sp³-hybridized carbons (Fsp3) is 0.267. The molecule has 3 aromatic rings. The number of hydrogen-bond acceptors (Lipinski definition) is 4. The number of thioether (sulfide) groups is 1. The van der Waals surface area contributed by atoms with Gasteiger partial charge in [-0.05, 0) is 72.5 Å². The van der Waals surface area contributed by atoms with Gasteiger partial charge in [0.25, 0.3) is 5.91 Å². The number of nitrogens with zero attached hydrogens (tertiary/aromatic N) is 2. The van der Waals surface area contributed by atoms with Gasteiger partial charge in [0.1, 0.15) is 12.4 Å². The molecule has 1 aliphatic heterocycles. The summed E-state index contributed by atoms with van der Waals surface area (Å²) in [6.45, 7) is 2.65. The summed E-state index contributed by atoms with van der Waals surface area (Å²) in [5.41, 5.74) is 2.71. The van der Waals surface area contributed by atoms with Gasteiger partial charge < -0.3 is 4.74 Å². The molecule has 0 radical (unpaired) electrons. The molecule has 1 heterocycles. The molecule has 4 nitrogen and oxygen atoms in total. The summed E-state index contributed by atoms with van der Waals surface area (Å²) in [7, 11) is 0. The zero-order chi connectivity index (χ0) is 24.9. The Balaban J connectivity index is 1.45. The number of amidine groups is 1. The van der Waals surface area contributed by atoms with Gasteiger partial charge in [-0.1, -0.05) is 79.9 Å². The number of hydrogen-bond donors (Lipinski definition) is 0. The highest BCUT2D eigenvalue weighted by Crippen LogP contribution is 2.40. The third-order valence-electron chi connectivity index (χ3n) is 6.70. The van der Waals surface area contributed by atoms with Crippen molar-refractivity contribution in [1.29, 1.82) is 0 Å². The van der Waals surface area contributed by atoms with Crippen LogP contribution in [0.4, 0.5) is 5.69 Å². The fourth-order valence-electron chi connectivity index (χ4n) is 4.81. The maximum Gasteiger partial charge on any atom is 0.267 e. The standard InChI is InChI=1S/C30H29ClN2O2S/c1-21-10-5-7-16-26(21)33-29(34)28(36-30(33)32-25-14-3-2-4-15-25)19-23-12-6-8-17-27(23)35-20-22-11-9-13-24(31)18-22/h2-4,6,8-9,11-15,17-19,21,26H,5,7,10,16,20H2,1H3/b28-19-,32-30?/t21-,26-/m0/s1. The highest BCUT2D eigenvalue weighted by Gasteiger charge is 2.41. The summed E-state index contributed by atoms with van der Waals surface area (Å²) in [5, 5.41) is 1.44. The van der Waals surface area contributed by atoms with Crippen LogP contribution < -0.4 is 4.74 Å². The van der Waals surface area contributed by atoms with Crippen LogP contribution in [0.3, 0.4) is 0 Å². The molecule has 5 rings (SSSR count). The SMILES string of the molecule is C[C@H]1CCCC[C@@H]1N1C(=O)/C(=C/c2ccccc2OCc2cccc(Cl)c2)SC1=Nc1ccccc1. The van der Waals surface area contributed by atoms with Crippen LogP contribution in [0.15, 0.2) is 88.8 Å². The maximum absolute atomic E-state index is 13.8. The Kier molecular flexibility index (Phi) is 7.78. The summed E-state index contributed by atoms with van der Waals surface area (Å²) < 4.78 is 6.14. The van der Waals surface area contributed by atoms with E-state index in [2.05, 4.69) is 6.92 Å². The molecule has 1 saturated carbocycles. The van der Waals surface area contributed by atoms with Crippen LogP contribution in [-0.4, -0.2) is 22.0 Å². The molecule has 0 unspecified atom stereocenters. The minimum Gasteiger partial charge on any atom is -0.488 e. The van der Waals surface area contributed by atoms with Gasteiger partial charge in [0.15, 0.2) is 5.17 Å². The largest absolute Gasteiger partial charge is 0.488 e. The highest BCUT2D eigenvalue weighted by atomic mass is 35.5. The van der Waals surface area contributed by atoms with Crippen LogP contribution in [0.1, 0.15) is 43.7 Å². The number of carbonyl (C=O) groups excluding carboxylic acids is 1. The molecule has 1 saturated heterocycles. The lowest BCUT2D eigenvalue weighted by Crippen LogP contribution is -2.44. The second-order valence-corrected chi connectivity index (χ2v) is 10.7. The lowest BCUT2D eigenvalue weighted by molar-refractivity contribution is -0.124. The molecule has 3 aromatic carbocycles. The van der Waals surface area contributed by atoms with E-state index in [1.165, 1.54) is 18.2 Å². The monoisotopic (exact) mass is 516 g/mol. The first-order valence-electron chi connectivity index (χ1n) is 12.4. The van der Waals surface area contributed by atoms with Gasteiger partial charge in [0.05, 0.1) is 10.6 Å². The van der Waals surface area contributed by atoms with Gasteiger partial charge in [-0.2, -0.15) is 0 Å². The molecule has 2 aliphatic rings. The molecule has 0 aromatic heterocycles. The molecular weight excluding hydrogens is 488 g/mol. The number of benzene rings is 3. The number of para-hydroxylation sites is 2. The number of rotatable bonds is 6. The minimum atomic E-state index is 0.0260. The Morgan fingerprint density at radius 3 is 2.61 bits per heavy atom. The lowest BCUT2D eigenvalue weighted by Gasteiger charge is -2.35. The van der Waals surface area contributed by atoms with Gasteiger partial charge in [-0.25, -0.2) is 4.99 Å². The highest BCUT2D eigenvalue weighted by molar-refractivity contribution is 8.18. The molecular formula is C30H29ClN2O2S. The summed E-state index contributed by atoms with van der Waals surface area (Å²) >= 11 is 7.58. The summed E-state index contributed by atoms with van der Waals surface area (Å²) in [6, 6.07) is 25.5. The van der Waals surface area contributed by atoms with Crippen LogP contribution in [-0.2, 0) is 11.4 Å². The van der Waals surface area contributed by atoms with E-state index in [-0.39, 0.29) is 11.9 Å². The van der Waals surface area contributed by atoms with Crippen molar-refractivity contribution in [2.24, 2.45) is 10.9 Å². The molecule has 6 heteroatoms. The van der Waals surface area contributed by atoms with Crippen molar-refractivity contribution in [3.63, 3.8) is 0 Å². The molecule has 1 aliphatic carbocycles. The maximum atomic E-state index is 13.8. The van der Waals surface area contributed by atoms with Gasteiger partial charge in [0.2, 0.25) is 0 Å². The third kappa shape index (κ3) is 5.69. The Morgan fingerprint density at radius 2 is 1.81 bits per heavy atom. The summed E-state index contributed by atoms with van der Waals surface area (Å²) in [4.78, 5) is 21.3. The zero-order valence-electron chi connectivity index (χ0n) is 20.3. The Labute approximate surface area is 222 Å². The van der Waals surface area contributed by atoms with E-state index in [0.717, 1.165) is 47.0 Å². The van der Waals surface area contributed by atoms with Gasteiger partial charge in [0, 0.05) is 16.6 Å². The first-order chi connectivity index (χ1) is 17.6. The smallest absolute Gasteiger partial charge is 0.267 e. The van der Waals surface area contributed by atoms with Crippen molar-refractivity contribution in [3.05, 3.63) is 99.9 Å². The first-order valence-corrected chi connectivity index (χ1v) is 13.6. The summed E-state index contributed by atoms with van der Waals surface area (Å²) in [5.74, 6) is 1.19. The van der Waals surface area contributed by atoms with Crippen LogP contribution >= 0.6 is 23.4 Å². The summed E-state index contributed by atoms with van der Waals surface area (Å²) in [6.07, 6.45) is 6.44. The number of halogens is 1. The second kappa shape index (κ2) is 11.4. The Bertz CT molecular complexity index is 1290. The normalized spacial score (nSPS) is 22.4. The van der Waals surface area contributed by atoms with Crippen LogP contribution in [0.5, 0.6) is 5.75 Å². The molecule has 2 atom stereocenters. The average molecular weight is 517 g/mol. The van der Waals surface area contributed by atoms with Crippen LogP contribution in [0, 0.1) is 5.92 Å². The first kappa shape index (κ1) is 24.7. The quantitative estimate of drug-likeness (QED) is 0.311. The number of ether oxygens (including phenoxy) is 1. The molecule has 184 valence electrons. The minimum absolute atomic E-state index is 0.0260. The van der Waals surface area contributed by atoms with E-state index < -0.39 is 0 Å². The third-order valence-corrected chi connectivity index (χ3v) is 7.92. The Hall–Kier alpha value is -3.02. The van der Waals surface area contributed by atoms with E-state index in [4.69, 9.17) is 21.3 Å².